The summed E-state index contributed by atoms with van der Waals surface area (Å²) in [6.45, 7) is -0.724. The number of halogens is 1. The van der Waals surface area contributed by atoms with Crippen molar-refractivity contribution in [2.24, 2.45) is 0 Å². The number of carbonyl (C=O) groups is 4. The Kier molecular flexibility index (Phi) is 8.59. The van der Waals surface area contributed by atoms with Crippen LogP contribution in [0.4, 0.5) is 14.9 Å². The van der Waals surface area contributed by atoms with Crippen LogP contribution < -0.4 is 16.2 Å². The molecule has 3 rings (SSSR count). The number of hydrogen-bond acceptors (Lipinski definition) is 7. The van der Waals surface area contributed by atoms with E-state index < -0.39 is 48.4 Å². The Morgan fingerprint density at radius 2 is 1.81 bits per heavy atom. The topological polar surface area (TPSA) is 157 Å². The number of aliphatic carboxylic acids is 1. The zero-order chi connectivity index (χ0) is 26.1. The quantitative estimate of drug-likeness (QED) is 0.360. The standard InChI is InChI=1S/C24H21FN4O7/c25-17-8-6-16(7-9-17)22-26-11-19(28-24(35)36-14-15-4-2-1-3-5-15)23(34)29(22)12-20(31)27-18(13-30)10-21(32)33/h1-9,11,13,18H,10,12,14H2,(H,27,31)(H,28,35)(H,32,33)/t18-/m0/s1. The molecule has 12 heteroatoms. The van der Waals surface area contributed by atoms with E-state index in [0.29, 0.717) is 0 Å². The molecule has 2 aromatic carbocycles. The zero-order valence-electron chi connectivity index (χ0n) is 18.7. The van der Waals surface area contributed by atoms with Crippen molar-refractivity contribution >= 4 is 29.9 Å². The Morgan fingerprint density at radius 3 is 2.44 bits per heavy atom. The second-order valence-electron chi connectivity index (χ2n) is 7.49. The van der Waals surface area contributed by atoms with Crippen LogP contribution in [0.1, 0.15) is 12.0 Å². The monoisotopic (exact) mass is 496 g/mol. The number of rotatable bonds is 10. The van der Waals surface area contributed by atoms with Gasteiger partial charge < -0.3 is 20.0 Å². The first-order valence-electron chi connectivity index (χ1n) is 10.6. The van der Waals surface area contributed by atoms with E-state index in [1.807, 2.05) is 0 Å². The lowest BCUT2D eigenvalue weighted by Crippen LogP contribution is -2.41. The van der Waals surface area contributed by atoms with Gasteiger partial charge in [0.25, 0.3) is 5.56 Å². The first-order valence-corrected chi connectivity index (χ1v) is 10.6. The van der Waals surface area contributed by atoms with Crippen molar-refractivity contribution in [3.8, 4) is 11.4 Å². The lowest BCUT2D eigenvalue weighted by atomic mass is 10.2. The highest BCUT2D eigenvalue weighted by Crippen LogP contribution is 2.17. The normalized spacial score (nSPS) is 11.2. The number of nitrogens with zero attached hydrogens (tertiary/aromatic N) is 2. The van der Waals surface area contributed by atoms with Crippen LogP contribution in [0, 0.1) is 5.82 Å². The van der Waals surface area contributed by atoms with E-state index >= 15 is 0 Å². The fraction of sp³-hybridized carbons (Fsp3) is 0.167. The van der Waals surface area contributed by atoms with Crippen molar-refractivity contribution in [1.29, 1.82) is 0 Å². The van der Waals surface area contributed by atoms with Crippen LogP contribution in [-0.2, 0) is 32.3 Å². The predicted octanol–water partition coefficient (Wildman–Crippen LogP) is 1.96. The van der Waals surface area contributed by atoms with Gasteiger partial charge in [-0.25, -0.2) is 14.2 Å². The first-order chi connectivity index (χ1) is 17.3. The van der Waals surface area contributed by atoms with Gasteiger partial charge in [-0.15, -0.1) is 0 Å². The molecular formula is C24H21FN4O7. The highest BCUT2D eigenvalue weighted by Gasteiger charge is 2.20. The van der Waals surface area contributed by atoms with E-state index in [1.165, 1.54) is 12.1 Å². The molecular weight excluding hydrogens is 475 g/mol. The highest BCUT2D eigenvalue weighted by atomic mass is 19.1. The number of aromatic nitrogens is 2. The van der Waals surface area contributed by atoms with Crippen LogP contribution >= 0.6 is 0 Å². The van der Waals surface area contributed by atoms with Gasteiger partial charge in [-0.05, 0) is 29.8 Å². The summed E-state index contributed by atoms with van der Waals surface area (Å²) in [4.78, 5) is 64.0. The van der Waals surface area contributed by atoms with Crippen LogP contribution in [0.3, 0.4) is 0 Å². The van der Waals surface area contributed by atoms with Gasteiger partial charge in [0, 0.05) is 5.56 Å². The number of carboxylic acids is 1. The molecule has 186 valence electrons. The minimum atomic E-state index is -1.32. The Hall–Kier alpha value is -4.87. The molecule has 1 atom stereocenters. The molecule has 36 heavy (non-hydrogen) atoms. The fourth-order valence-electron chi connectivity index (χ4n) is 3.14. The molecule has 0 spiro atoms. The van der Waals surface area contributed by atoms with E-state index in [1.54, 1.807) is 30.3 Å². The molecule has 0 aliphatic rings. The zero-order valence-corrected chi connectivity index (χ0v) is 18.7. The molecule has 0 saturated carbocycles. The average Bonchev–Trinajstić information content (AvgIpc) is 2.86. The Bertz CT molecular complexity index is 1310. The Labute approximate surface area is 203 Å². The second kappa shape index (κ2) is 12.0. The van der Waals surface area contributed by atoms with Gasteiger partial charge in [0.2, 0.25) is 5.91 Å². The summed E-state index contributed by atoms with van der Waals surface area (Å²) in [6, 6.07) is 12.5. The number of ether oxygens (including phenoxy) is 1. The van der Waals surface area contributed by atoms with Crippen LogP contribution in [0.5, 0.6) is 0 Å². The fourth-order valence-corrected chi connectivity index (χ4v) is 3.14. The molecule has 11 nitrogen and oxygen atoms in total. The highest BCUT2D eigenvalue weighted by molar-refractivity contribution is 5.85. The van der Waals surface area contributed by atoms with E-state index in [0.717, 1.165) is 28.5 Å². The summed E-state index contributed by atoms with van der Waals surface area (Å²) < 4.78 is 19.4. The van der Waals surface area contributed by atoms with Crippen molar-refractivity contribution in [1.82, 2.24) is 14.9 Å². The smallest absolute Gasteiger partial charge is 0.412 e. The van der Waals surface area contributed by atoms with Crippen LogP contribution in [-0.4, -0.2) is 45.0 Å². The molecule has 0 fully saturated rings. The number of aldehydes is 1. The molecule has 1 aromatic heterocycles. The Balaban J connectivity index is 1.86. The van der Waals surface area contributed by atoms with Crippen LogP contribution in [0.15, 0.2) is 65.6 Å². The second-order valence-corrected chi connectivity index (χ2v) is 7.49. The molecule has 2 amide bonds. The van der Waals surface area contributed by atoms with E-state index in [4.69, 9.17) is 9.84 Å². The maximum absolute atomic E-state index is 13.4. The number of nitrogens with one attached hydrogen (secondary N) is 2. The number of hydrogen-bond donors (Lipinski definition) is 3. The lowest BCUT2D eigenvalue weighted by molar-refractivity contribution is -0.138. The third kappa shape index (κ3) is 7.06. The van der Waals surface area contributed by atoms with Gasteiger partial charge in [0.15, 0.2) is 0 Å². The molecule has 0 aliphatic carbocycles. The average molecular weight is 496 g/mol. The van der Waals surface area contributed by atoms with Gasteiger partial charge in [-0.3, -0.25) is 24.3 Å². The van der Waals surface area contributed by atoms with Crippen molar-refractivity contribution in [3.63, 3.8) is 0 Å². The Morgan fingerprint density at radius 1 is 1.11 bits per heavy atom. The third-order valence-electron chi connectivity index (χ3n) is 4.81. The summed E-state index contributed by atoms with van der Waals surface area (Å²) >= 11 is 0. The maximum atomic E-state index is 13.4. The summed E-state index contributed by atoms with van der Waals surface area (Å²) in [5.41, 5.74) is -0.129. The number of benzene rings is 2. The van der Waals surface area contributed by atoms with Gasteiger partial charge in [-0.2, -0.15) is 0 Å². The van der Waals surface area contributed by atoms with Crippen molar-refractivity contribution in [3.05, 3.63) is 82.5 Å². The number of anilines is 1. The first kappa shape index (κ1) is 25.7. The van der Waals surface area contributed by atoms with Gasteiger partial charge in [-0.1, -0.05) is 30.3 Å². The van der Waals surface area contributed by atoms with E-state index in [2.05, 4.69) is 15.6 Å². The molecule has 0 radical (unpaired) electrons. The molecule has 0 aliphatic heterocycles. The number of carboxylic acid groups (broad SMARTS) is 1. The summed E-state index contributed by atoms with van der Waals surface area (Å²) in [5.74, 6) is -2.73. The van der Waals surface area contributed by atoms with Crippen molar-refractivity contribution in [2.45, 2.75) is 25.6 Å². The van der Waals surface area contributed by atoms with Gasteiger partial charge in [0.1, 0.15) is 36.8 Å². The van der Waals surface area contributed by atoms with Crippen molar-refractivity contribution < 1.29 is 33.4 Å². The van der Waals surface area contributed by atoms with Gasteiger partial charge in [0.05, 0.1) is 18.7 Å². The minimum absolute atomic E-state index is 0.0285. The number of amides is 2. The van der Waals surface area contributed by atoms with Crippen LogP contribution in [0.25, 0.3) is 11.4 Å². The van der Waals surface area contributed by atoms with E-state index in [-0.39, 0.29) is 30.0 Å². The van der Waals surface area contributed by atoms with Gasteiger partial charge >= 0.3 is 12.1 Å². The molecule has 3 N–H and O–H groups in total. The molecule has 0 unspecified atom stereocenters. The summed E-state index contributed by atoms with van der Waals surface area (Å²) in [6.07, 6.45) is -0.264. The molecule has 1 heterocycles. The molecule has 0 saturated heterocycles. The van der Waals surface area contributed by atoms with Crippen molar-refractivity contribution in [2.75, 3.05) is 5.32 Å². The molecule has 3 aromatic rings. The SMILES string of the molecule is O=C[C@H](CC(=O)O)NC(=O)Cn1c(-c2ccc(F)cc2)ncc(NC(=O)OCc2ccccc2)c1=O. The van der Waals surface area contributed by atoms with Crippen LogP contribution in [0.2, 0.25) is 0 Å². The largest absolute Gasteiger partial charge is 0.481 e. The van der Waals surface area contributed by atoms with E-state index in [9.17, 15) is 28.4 Å². The number of carbonyl (C=O) groups excluding carboxylic acids is 3. The molecule has 0 bridgehead atoms. The summed E-state index contributed by atoms with van der Waals surface area (Å²) in [7, 11) is 0. The predicted molar refractivity (Wildman–Crippen MR) is 124 cm³/mol. The summed E-state index contributed by atoms with van der Waals surface area (Å²) in [5, 5.41) is 13.3. The maximum Gasteiger partial charge on any atom is 0.412 e. The third-order valence-corrected chi connectivity index (χ3v) is 4.81. The minimum Gasteiger partial charge on any atom is -0.481 e. The lowest BCUT2D eigenvalue weighted by Gasteiger charge is -2.16.